The van der Waals surface area contributed by atoms with Crippen molar-refractivity contribution in [3.8, 4) is 5.75 Å². The molecule has 1 saturated heterocycles. The van der Waals surface area contributed by atoms with Gasteiger partial charge in [-0.25, -0.2) is 8.78 Å². The van der Waals surface area contributed by atoms with E-state index in [2.05, 4.69) is 5.16 Å². The Morgan fingerprint density at radius 1 is 1.38 bits per heavy atom. The fraction of sp³-hybridized carbons (Fsp3) is 0.444. The normalized spacial score (nSPS) is 16.7. The summed E-state index contributed by atoms with van der Waals surface area (Å²) in [6, 6.07) is 4.47. The molecule has 1 aliphatic heterocycles. The number of halogens is 2. The molecule has 1 fully saturated rings. The van der Waals surface area contributed by atoms with Crippen molar-refractivity contribution < 1.29 is 27.6 Å². The van der Waals surface area contributed by atoms with Gasteiger partial charge in [-0.05, 0) is 31.9 Å². The van der Waals surface area contributed by atoms with Crippen LogP contribution in [0.2, 0.25) is 0 Å². The Kier molecular flexibility index (Phi) is 5.82. The third-order valence-corrected chi connectivity index (χ3v) is 4.16. The maximum absolute atomic E-state index is 13.5. The minimum Gasteiger partial charge on any atom is -0.482 e. The fourth-order valence-corrected chi connectivity index (χ4v) is 2.77. The molecular formula is C18H20F2N2O4. The third-order valence-electron chi connectivity index (χ3n) is 4.16. The highest BCUT2D eigenvalue weighted by Crippen LogP contribution is 2.20. The van der Waals surface area contributed by atoms with Gasteiger partial charge in [-0.15, -0.1) is 0 Å². The van der Waals surface area contributed by atoms with E-state index in [-0.39, 0.29) is 35.8 Å². The van der Waals surface area contributed by atoms with Crippen molar-refractivity contribution in [2.24, 2.45) is 0 Å². The van der Waals surface area contributed by atoms with Crippen LogP contribution in [0.5, 0.6) is 5.75 Å². The van der Waals surface area contributed by atoms with E-state index in [1.807, 2.05) is 6.92 Å². The molecule has 0 bridgehead atoms. The topological polar surface area (TPSA) is 64.8 Å². The Labute approximate surface area is 149 Å². The Balaban J connectivity index is 1.59. The van der Waals surface area contributed by atoms with Crippen LogP contribution in [-0.4, -0.2) is 41.8 Å². The lowest BCUT2D eigenvalue weighted by Crippen LogP contribution is -2.37. The average Bonchev–Trinajstić information content (AvgIpc) is 3.30. The quantitative estimate of drug-likeness (QED) is 0.753. The van der Waals surface area contributed by atoms with Crippen LogP contribution in [0.15, 0.2) is 28.8 Å². The molecule has 3 rings (SSSR count). The highest BCUT2D eigenvalue weighted by atomic mass is 19.1. The lowest BCUT2D eigenvalue weighted by Gasteiger charge is -2.22. The lowest BCUT2D eigenvalue weighted by molar-refractivity contribution is 0.0531. The van der Waals surface area contributed by atoms with Crippen LogP contribution < -0.4 is 4.74 Å². The average molecular weight is 366 g/mol. The maximum atomic E-state index is 13.5. The second kappa shape index (κ2) is 8.27. The molecule has 6 nitrogen and oxygen atoms in total. The molecule has 0 radical (unpaired) electrons. The van der Waals surface area contributed by atoms with Crippen molar-refractivity contribution in [3.63, 3.8) is 0 Å². The van der Waals surface area contributed by atoms with Gasteiger partial charge < -0.3 is 18.9 Å². The molecule has 8 heteroatoms. The number of likely N-dealkylation sites (N-methyl/N-ethyl adjacent to an activating group) is 1. The summed E-state index contributed by atoms with van der Waals surface area (Å²) in [4.78, 5) is 14.2. The lowest BCUT2D eigenvalue weighted by atomic mass is 10.2. The number of rotatable bonds is 7. The standard InChI is InChI=1S/C18H20F2N2O4/c1-2-22(10-13-4-3-7-24-13)18(23)16-9-14(26-21-16)11-25-17-6-5-12(19)8-15(17)20/h5-6,8-9,13H,2-4,7,10-11H2,1H3/t13-/m1/s1. The first-order valence-electron chi connectivity index (χ1n) is 8.51. The molecule has 1 amide bonds. The first-order valence-corrected chi connectivity index (χ1v) is 8.51. The van der Waals surface area contributed by atoms with Crippen LogP contribution in [0, 0.1) is 11.6 Å². The van der Waals surface area contributed by atoms with Crippen molar-refractivity contribution in [2.75, 3.05) is 19.7 Å². The Bertz CT molecular complexity index is 759. The zero-order valence-corrected chi connectivity index (χ0v) is 14.4. The largest absolute Gasteiger partial charge is 0.482 e. The number of ether oxygens (including phenoxy) is 2. The van der Waals surface area contributed by atoms with Gasteiger partial charge in [-0.3, -0.25) is 4.79 Å². The number of amides is 1. The van der Waals surface area contributed by atoms with Crippen LogP contribution in [0.4, 0.5) is 8.78 Å². The highest BCUT2D eigenvalue weighted by Gasteiger charge is 2.24. The van der Waals surface area contributed by atoms with E-state index in [4.69, 9.17) is 14.0 Å². The van der Waals surface area contributed by atoms with E-state index in [1.54, 1.807) is 4.90 Å². The zero-order valence-electron chi connectivity index (χ0n) is 14.4. The van der Waals surface area contributed by atoms with E-state index in [1.165, 1.54) is 12.1 Å². The molecule has 140 valence electrons. The maximum Gasteiger partial charge on any atom is 0.276 e. The molecule has 0 unspecified atom stereocenters. The summed E-state index contributed by atoms with van der Waals surface area (Å²) in [6.07, 6.45) is 1.99. The first kappa shape index (κ1) is 18.3. The van der Waals surface area contributed by atoms with Gasteiger partial charge in [-0.2, -0.15) is 0 Å². The number of hydrogen-bond donors (Lipinski definition) is 0. The molecule has 26 heavy (non-hydrogen) atoms. The second-order valence-electron chi connectivity index (χ2n) is 6.02. The monoisotopic (exact) mass is 366 g/mol. The molecule has 0 spiro atoms. The molecular weight excluding hydrogens is 346 g/mol. The first-order chi connectivity index (χ1) is 12.6. The number of benzene rings is 1. The number of hydrogen-bond acceptors (Lipinski definition) is 5. The van der Waals surface area contributed by atoms with E-state index >= 15 is 0 Å². The van der Waals surface area contributed by atoms with E-state index in [0.717, 1.165) is 31.6 Å². The summed E-state index contributed by atoms with van der Waals surface area (Å²) < 4.78 is 42.3. The van der Waals surface area contributed by atoms with Crippen molar-refractivity contribution in [1.82, 2.24) is 10.1 Å². The fourth-order valence-electron chi connectivity index (χ4n) is 2.77. The van der Waals surface area contributed by atoms with Crippen molar-refractivity contribution >= 4 is 5.91 Å². The predicted octanol–water partition coefficient (Wildman–Crippen LogP) is 3.17. The van der Waals surface area contributed by atoms with E-state index in [9.17, 15) is 13.6 Å². The summed E-state index contributed by atoms with van der Waals surface area (Å²) in [5, 5.41) is 3.77. The van der Waals surface area contributed by atoms with Crippen LogP contribution >= 0.6 is 0 Å². The molecule has 1 aromatic heterocycles. The molecule has 1 atom stereocenters. The molecule has 1 aromatic carbocycles. The number of carbonyl (C=O) groups excluding carboxylic acids is 1. The molecule has 2 heterocycles. The van der Waals surface area contributed by atoms with Crippen molar-refractivity contribution in [3.05, 3.63) is 47.4 Å². The summed E-state index contributed by atoms with van der Waals surface area (Å²) in [5.41, 5.74) is 0.156. The van der Waals surface area contributed by atoms with Gasteiger partial charge >= 0.3 is 0 Å². The van der Waals surface area contributed by atoms with Crippen LogP contribution in [0.1, 0.15) is 36.0 Å². The van der Waals surface area contributed by atoms with Gasteiger partial charge in [-0.1, -0.05) is 5.16 Å². The Morgan fingerprint density at radius 3 is 2.92 bits per heavy atom. The van der Waals surface area contributed by atoms with Gasteiger partial charge in [0.2, 0.25) is 0 Å². The molecule has 0 aliphatic carbocycles. The third kappa shape index (κ3) is 4.37. The predicted molar refractivity (Wildman–Crippen MR) is 87.7 cm³/mol. The molecule has 2 aromatic rings. The minimum absolute atomic E-state index is 0.0510. The van der Waals surface area contributed by atoms with Crippen LogP contribution in [-0.2, 0) is 11.3 Å². The summed E-state index contributed by atoms with van der Waals surface area (Å²) in [5.74, 6) is -1.59. The summed E-state index contributed by atoms with van der Waals surface area (Å²) in [7, 11) is 0. The van der Waals surface area contributed by atoms with Gasteiger partial charge in [0.05, 0.1) is 6.10 Å². The minimum atomic E-state index is -0.811. The number of nitrogens with zero attached hydrogens (tertiary/aromatic N) is 2. The van der Waals surface area contributed by atoms with Gasteiger partial charge in [0, 0.05) is 31.8 Å². The Hall–Kier alpha value is -2.48. The van der Waals surface area contributed by atoms with Crippen LogP contribution in [0.3, 0.4) is 0 Å². The van der Waals surface area contributed by atoms with Gasteiger partial charge in [0.25, 0.3) is 5.91 Å². The Morgan fingerprint density at radius 2 is 2.23 bits per heavy atom. The van der Waals surface area contributed by atoms with Crippen LogP contribution in [0.25, 0.3) is 0 Å². The van der Waals surface area contributed by atoms with Crippen molar-refractivity contribution in [2.45, 2.75) is 32.5 Å². The molecule has 1 aliphatic rings. The summed E-state index contributed by atoms with van der Waals surface area (Å²) in [6.45, 7) is 3.52. The smallest absolute Gasteiger partial charge is 0.276 e. The number of aromatic nitrogens is 1. The second-order valence-corrected chi connectivity index (χ2v) is 6.02. The van der Waals surface area contributed by atoms with Gasteiger partial charge in [0.1, 0.15) is 12.4 Å². The van der Waals surface area contributed by atoms with Crippen molar-refractivity contribution in [1.29, 1.82) is 0 Å². The highest BCUT2D eigenvalue weighted by molar-refractivity contribution is 5.92. The zero-order chi connectivity index (χ0) is 18.5. The van der Waals surface area contributed by atoms with E-state index < -0.39 is 11.6 Å². The van der Waals surface area contributed by atoms with E-state index in [0.29, 0.717) is 13.1 Å². The number of carbonyl (C=O) groups is 1. The van der Waals surface area contributed by atoms with Gasteiger partial charge in [0.15, 0.2) is 23.0 Å². The summed E-state index contributed by atoms with van der Waals surface area (Å²) >= 11 is 0. The molecule has 0 saturated carbocycles. The SMILES string of the molecule is CCN(C[C@H]1CCCO1)C(=O)c1cc(COc2ccc(F)cc2F)on1. The molecule has 0 N–H and O–H groups in total.